The summed E-state index contributed by atoms with van der Waals surface area (Å²) in [6.45, 7) is 4.16. The van der Waals surface area contributed by atoms with E-state index in [2.05, 4.69) is 18.0 Å². The van der Waals surface area contributed by atoms with Gasteiger partial charge in [-0.3, -0.25) is 0 Å². The Kier molecular flexibility index (Phi) is 4.71. The van der Waals surface area contributed by atoms with Crippen molar-refractivity contribution in [1.82, 2.24) is 14.9 Å². The van der Waals surface area contributed by atoms with E-state index in [1.165, 1.54) is 31.9 Å². The van der Waals surface area contributed by atoms with E-state index in [9.17, 15) is 5.11 Å². The number of phenols is 1. The van der Waals surface area contributed by atoms with Gasteiger partial charge in [-0.05, 0) is 75.0 Å². The van der Waals surface area contributed by atoms with Crippen LogP contribution in [0.25, 0.3) is 22.5 Å². The molecule has 2 aliphatic rings. The van der Waals surface area contributed by atoms with Crippen LogP contribution in [0.2, 0.25) is 0 Å². The number of aromatic hydroxyl groups is 1. The topological polar surface area (TPSA) is 86.2 Å². The molecule has 1 N–H and O–H groups in total. The van der Waals surface area contributed by atoms with Crippen molar-refractivity contribution in [1.29, 1.82) is 5.26 Å². The Morgan fingerprint density at radius 2 is 2.07 bits per heavy atom. The van der Waals surface area contributed by atoms with E-state index in [0.717, 1.165) is 30.3 Å². The second-order valence-corrected chi connectivity index (χ2v) is 8.88. The zero-order chi connectivity index (χ0) is 20.8. The highest BCUT2D eigenvalue weighted by Crippen LogP contribution is 2.45. The highest BCUT2D eigenvalue weighted by Gasteiger charge is 2.39. The Morgan fingerprint density at radius 3 is 2.87 bits per heavy atom. The van der Waals surface area contributed by atoms with Gasteiger partial charge in [0.2, 0.25) is 5.89 Å². The first-order valence-corrected chi connectivity index (χ1v) is 10.7. The van der Waals surface area contributed by atoms with Gasteiger partial charge in [-0.15, -0.1) is 0 Å². The number of pyridine rings is 1. The number of rotatable bonds is 2. The number of piperidine rings is 1. The maximum atomic E-state index is 10.5. The maximum Gasteiger partial charge on any atom is 0.200 e. The van der Waals surface area contributed by atoms with Crippen molar-refractivity contribution in [3.63, 3.8) is 0 Å². The zero-order valence-corrected chi connectivity index (χ0v) is 17.4. The molecule has 3 atom stereocenters. The van der Waals surface area contributed by atoms with E-state index in [4.69, 9.17) is 19.6 Å². The van der Waals surface area contributed by atoms with Gasteiger partial charge in [0.05, 0.1) is 17.3 Å². The van der Waals surface area contributed by atoms with Gasteiger partial charge >= 0.3 is 0 Å². The summed E-state index contributed by atoms with van der Waals surface area (Å²) < 4.78 is 6.18. The fourth-order valence-corrected chi connectivity index (χ4v) is 5.43. The van der Waals surface area contributed by atoms with Crippen LogP contribution in [0.4, 0.5) is 0 Å². The third-order valence-corrected chi connectivity index (χ3v) is 6.90. The Bertz CT molecular complexity index is 1120. The molecule has 0 spiro atoms. The minimum absolute atomic E-state index is 0.0579. The lowest BCUT2D eigenvalue weighted by atomic mass is 9.69. The molecule has 1 aromatic carbocycles. The number of benzene rings is 1. The summed E-state index contributed by atoms with van der Waals surface area (Å²) in [7, 11) is 2.20. The van der Waals surface area contributed by atoms with Crippen molar-refractivity contribution < 1.29 is 9.52 Å². The molecule has 0 amide bonds. The van der Waals surface area contributed by atoms with Crippen molar-refractivity contribution in [2.24, 2.45) is 11.8 Å². The molecule has 1 saturated heterocycles. The Morgan fingerprint density at radius 1 is 1.20 bits per heavy atom. The summed E-state index contributed by atoms with van der Waals surface area (Å²) in [5.74, 6) is 2.56. The van der Waals surface area contributed by atoms with Gasteiger partial charge in [0.25, 0.3) is 0 Å². The van der Waals surface area contributed by atoms with Crippen molar-refractivity contribution in [3.05, 3.63) is 41.3 Å². The van der Waals surface area contributed by atoms with Gasteiger partial charge in [-0.1, -0.05) is 12.8 Å². The molecule has 1 aliphatic carbocycles. The number of aromatic nitrogens is 2. The molecule has 2 fully saturated rings. The van der Waals surface area contributed by atoms with E-state index in [1.807, 2.05) is 19.1 Å². The van der Waals surface area contributed by atoms with E-state index in [-0.39, 0.29) is 5.75 Å². The first kappa shape index (κ1) is 19.1. The first-order valence-electron chi connectivity index (χ1n) is 10.7. The van der Waals surface area contributed by atoms with Crippen LogP contribution in [0.15, 0.2) is 28.7 Å². The number of nitrogens with zero attached hydrogens (tertiary/aromatic N) is 4. The van der Waals surface area contributed by atoms with Gasteiger partial charge in [0.1, 0.15) is 5.75 Å². The molecule has 3 unspecified atom stereocenters. The first-order chi connectivity index (χ1) is 14.5. The van der Waals surface area contributed by atoms with Crippen LogP contribution in [0.5, 0.6) is 5.75 Å². The third-order valence-electron chi connectivity index (χ3n) is 6.90. The van der Waals surface area contributed by atoms with Crippen LogP contribution in [0.3, 0.4) is 0 Å². The summed E-state index contributed by atoms with van der Waals surface area (Å²) in [6.07, 6.45) is 4.92. The lowest BCUT2D eigenvalue weighted by Crippen LogP contribution is -2.42. The Hall–Kier alpha value is -2.91. The summed E-state index contributed by atoms with van der Waals surface area (Å²) >= 11 is 0. The number of likely N-dealkylation sites (tertiary alicyclic amines) is 1. The van der Waals surface area contributed by atoms with Gasteiger partial charge in [0, 0.05) is 18.0 Å². The van der Waals surface area contributed by atoms with Crippen LogP contribution in [0, 0.1) is 30.1 Å². The van der Waals surface area contributed by atoms with Crippen LogP contribution in [-0.2, 0) is 0 Å². The van der Waals surface area contributed by atoms with Crippen LogP contribution >= 0.6 is 0 Å². The molecular weight excluding hydrogens is 376 g/mol. The standard InChI is InChI=1S/C24H26N4O2/c1-14-10-15(12-25)11-20(29)22(14)19-6-7-21-23(26-19)27-24(30-21)17-5-3-4-16-8-9-28(2)13-18(16)17/h6-7,10-11,16-18,29H,3-5,8-9,13H2,1-2H3. The van der Waals surface area contributed by atoms with E-state index in [0.29, 0.717) is 39.9 Å². The lowest BCUT2D eigenvalue weighted by Gasteiger charge is -2.43. The van der Waals surface area contributed by atoms with E-state index >= 15 is 0 Å². The van der Waals surface area contributed by atoms with Gasteiger partial charge in [-0.2, -0.15) is 10.2 Å². The minimum atomic E-state index is 0.0579. The van der Waals surface area contributed by atoms with Crippen LogP contribution in [-0.4, -0.2) is 40.1 Å². The molecule has 1 saturated carbocycles. The molecule has 6 nitrogen and oxygen atoms in total. The Balaban J connectivity index is 1.51. The molecule has 3 aromatic rings. The van der Waals surface area contributed by atoms with Crippen LogP contribution < -0.4 is 0 Å². The number of phenolic OH excluding ortho intramolecular Hbond substituents is 1. The maximum absolute atomic E-state index is 10.5. The molecule has 30 heavy (non-hydrogen) atoms. The number of oxazole rings is 1. The molecule has 154 valence electrons. The van der Waals surface area contributed by atoms with Crippen molar-refractivity contribution in [2.75, 3.05) is 20.1 Å². The minimum Gasteiger partial charge on any atom is -0.507 e. The molecule has 0 radical (unpaired) electrons. The highest BCUT2D eigenvalue weighted by atomic mass is 16.3. The molecule has 0 bridgehead atoms. The second kappa shape index (κ2) is 7.41. The Labute approximate surface area is 176 Å². The van der Waals surface area contributed by atoms with Gasteiger partial charge in [0.15, 0.2) is 11.2 Å². The summed E-state index contributed by atoms with van der Waals surface area (Å²) in [4.78, 5) is 11.9. The monoisotopic (exact) mass is 402 g/mol. The summed E-state index contributed by atoms with van der Waals surface area (Å²) in [5.41, 5.74) is 3.78. The molecule has 5 rings (SSSR count). The number of aryl methyl sites for hydroxylation is 1. The molecule has 2 aromatic heterocycles. The average Bonchev–Trinajstić information content (AvgIpc) is 3.16. The normalized spacial score (nSPS) is 24.5. The molecular formula is C24H26N4O2. The predicted octanol–water partition coefficient (Wildman–Crippen LogP) is 4.61. The highest BCUT2D eigenvalue weighted by molar-refractivity contribution is 5.78. The summed E-state index contributed by atoms with van der Waals surface area (Å²) in [5, 5.41) is 19.6. The second-order valence-electron chi connectivity index (χ2n) is 8.88. The van der Waals surface area contributed by atoms with E-state index < -0.39 is 0 Å². The van der Waals surface area contributed by atoms with E-state index in [1.54, 1.807) is 6.07 Å². The molecule has 6 heteroatoms. The number of hydrogen-bond acceptors (Lipinski definition) is 6. The quantitative estimate of drug-likeness (QED) is 0.674. The van der Waals surface area contributed by atoms with Crippen LogP contribution in [0.1, 0.15) is 48.6 Å². The SMILES string of the molecule is Cc1cc(C#N)cc(O)c1-c1ccc2oc(C3CCCC4CCN(C)CC43)nc2n1. The van der Waals surface area contributed by atoms with Gasteiger partial charge in [-0.25, -0.2) is 4.98 Å². The summed E-state index contributed by atoms with van der Waals surface area (Å²) in [6, 6.07) is 9.05. The average molecular weight is 402 g/mol. The molecule has 3 heterocycles. The lowest BCUT2D eigenvalue weighted by molar-refractivity contribution is 0.0782. The van der Waals surface area contributed by atoms with Gasteiger partial charge < -0.3 is 14.4 Å². The number of nitriles is 1. The number of fused-ring (bicyclic) bond motifs is 2. The fraction of sp³-hybridized carbons (Fsp3) is 0.458. The third kappa shape index (κ3) is 3.23. The fourth-order valence-electron chi connectivity index (χ4n) is 5.43. The van der Waals surface area contributed by atoms with Crippen molar-refractivity contribution in [2.45, 2.75) is 38.5 Å². The molecule has 1 aliphatic heterocycles. The predicted molar refractivity (Wildman–Crippen MR) is 114 cm³/mol. The van der Waals surface area contributed by atoms with Crippen molar-refractivity contribution >= 4 is 11.2 Å². The van der Waals surface area contributed by atoms with Crippen molar-refractivity contribution in [3.8, 4) is 23.1 Å². The smallest absolute Gasteiger partial charge is 0.200 e. The largest absolute Gasteiger partial charge is 0.507 e. The zero-order valence-electron chi connectivity index (χ0n) is 17.4. The number of hydrogen-bond donors (Lipinski definition) is 1.